The van der Waals surface area contributed by atoms with Crippen molar-refractivity contribution in [3.63, 3.8) is 0 Å². The summed E-state index contributed by atoms with van der Waals surface area (Å²) in [7, 11) is -5.08. The summed E-state index contributed by atoms with van der Waals surface area (Å²) >= 11 is 0. The van der Waals surface area contributed by atoms with E-state index in [0.717, 1.165) is 0 Å². The summed E-state index contributed by atoms with van der Waals surface area (Å²) in [4.78, 5) is 0. The zero-order valence-electron chi connectivity index (χ0n) is 27.5. The zero-order chi connectivity index (χ0) is 32.4. The summed E-state index contributed by atoms with van der Waals surface area (Å²) in [6, 6.07) is 44.3. The van der Waals surface area contributed by atoms with Crippen molar-refractivity contribution < 1.29 is 15.1 Å². The highest BCUT2D eigenvalue weighted by atomic mass is 31.2. The van der Waals surface area contributed by atoms with Crippen LogP contribution in [0.25, 0.3) is 0 Å². The predicted molar refractivity (Wildman–Crippen MR) is 194 cm³/mol. The van der Waals surface area contributed by atoms with Crippen LogP contribution in [0.3, 0.4) is 0 Å². The summed E-state index contributed by atoms with van der Waals surface area (Å²) in [5.41, 5.74) is 5.85. The van der Waals surface area contributed by atoms with Gasteiger partial charge in [0.2, 0.25) is 0 Å². The van der Waals surface area contributed by atoms with Crippen LogP contribution in [0, 0.1) is 0 Å². The predicted octanol–water partition coefficient (Wildman–Crippen LogP) is 6.90. The Morgan fingerprint density at radius 1 is 0.372 bits per heavy atom. The van der Waals surface area contributed by atoms with E-state index >= 15 is 0 Å². The third kappa shape index (κ3) is 23.2. The summed E-state index contributed by atoms with van der Waals surface area (Å²) in [6.45, 7) is 18.4. The fourth-order valence-electron chi connectivity index (χ4n) is 4.22. The molecule has 0 spiro atoms. The smallest absolute Gasteiger partial charge is 0.0852 e. The van der Waals surface area contributed by atoms with Crippen molar-refractivity contribution in [2.75, 3.05) is 53.3 Å². The molecular formula is C36H52BO3P3. The number of hydrogen-bond donors (Lipinski definition) is 0. The number of rotatable bonds is 8. The Labute approximate surface area is 265 Å². The summed E-state index contributed by atoms with van der Waals surface area (Å²) in [5, 5.41) is 25.2. The first kappa shape index (κ1) is 39.1. The lowest BCUT2D eigenvalue weighted by Crippen LogP contribution is -2.56. The van der Waals surface area contributed by atoms with E-state index in [1.165, 1.54) is 46.9 Å². The minimum absolute atomic E-state index is 0.389. The van der Waals surface area contributed by atoms with Gasteiger partial charge in [-0.25, -0.2) is 0 Å². The minimum atomic E-state index is -2.92. The molecule has 4 rings (SSSR count). The van der Waals surface area contributed by atoms with Crippen molar-refractivity contribution in [1.29, 1.82) is 0 Å². The van der Waals surface area contributed by atoms with Gasteiger partial charge in [0.15, 0.2) is 0 Å². The third-order valence-corrected chi connectivity index (χ3v) is 9.59. The molecule has 232 valence electrons. The summed E-state index contributed by atoms with van der Waals surface area (Å²) in [5.74, 6) is 0. The van der Waals surface area contributed by atoms with Crippen LogP contribution in [0.5, 0.6) is 0 Å². The molecule has 0 aromatic heterocycles. The van der Waals surface area contributed by atoms with E-state index < -0.39 is 14.6 Å². The van der Waals surface area contributed by atoms with Gasteiger partial charge in [-0.1, -0.05) is 121 Å². The second kappa shape index (κ2) is 20.2. The van der Waals surface area contributed by atoms with Gasteiger partial charge >= 0.3 is 0 Å². The maximum absolute atomic E-state index is 8.42. The fraction of sp³-hybridized carbons (Fsp3) is 0.333. The van der Waals surface area contributed by atoms with Gasteiger partial charge in [0.1, 0.15) is 0 Å². The molecule has 0 heterocycles. The summed E-state index contributed by atoms with van der Waals surface area (Å²) < 4.78 is 0. The van der Waals surface area contributed by atoms with Crippen LogP contribution in [-0.4, -0.2) is 60.6 Å². The monoisotopic (exact) mass is 636 g/mol. The van der Waals surface area contributed by atoms with E-state index in [2.05, 4.69) is 175 Å². The second-order valence-corrected chi connectivity index (χ2v) is 28.3. The molecule has 0 bridgehead atoms. The van der Waals surface area contributed by atoms with Gasteiger partial charge in [-0.2, -0.15) is 0 Å². The lowest BCUT2D eigenvalue weighted by atomic mass is 10.2. The number of hydrogen-bond acceptors (Lipinski definition) is 3. The van der Waals surface area contributed by atoms with Crippen LogP contribution in [-0.2, 0) is 24.6 Å². The lowest BCUT2D eigenvalue weighted by molar-refractivity contribution is -0.479. The van der Waals surface area contributed by atoms with Crippen molar-refractivity contribution in [1.82, 2.24) is 0 Å². The molecule has 0 amide bonds. The topological polar surface area (TPSA) is 69.2 Å². The maximum atomic E-state index is 8.42. The average molecular weight is 637 g/mol. The van der Waals surface area contributed by atoms with Crippen LogP contribution in [0.2, 0.25) is 0 Å². The van der Waals surface area contributed by atoms with Crippen LogP contribution in [0.4, 0.5) is 0 Å². The molecule has 4 aromatic carbocycles. The van der Waals surface area contributed by atoms with Gasteiger partial charge < -0.3 is 15.1 Å². The van der Waals surface area contributed by atoms with E-state index in [9.17, 15) is 0 Å². The van der Waals surface area contributed by atoms with E-state index in [1.807, 2.05) is 0 Å². The van der Waals surface area contributed by atoms with Gasteiger partial charge in [-0.3, -0.25) is 7.32 Å². The fourth-order valence-corrected chi connectivity index (χ4v) is 8.83. The Morgan fingerprint density at radius 2 is 0.512 bits per heavy atom. The van der Waals surface area contributed by atoms with E-state index in [0.29, 0.717) is 0 Å². The molecule has 0 saturated heterocycles. The Kier molecular flexibility index (Phi) is 18.4. The minimum Gasteiger partial charge on any atom is -0.907 e. The molecule has 7 heteroatoms. The molecule has 0 saturated carbocycles. The van der Waals surface area contributed by atoms with Crippen LogP contribution in [0.15, 0.2) is 121 Å². The molecule has 0 radical (unpaired) electrons. The van der Waals surface area contributed by atoms with Crippen molar-refractivity contribution in [3.8, 4) is 0 Å². The Balaban J connectivity index is 0.000000553. The van der Waals surface area contributed by atoms with Crippen molar-refractivity contribution in [3.05, 3.63) is 144 Å². The Morgan fingerprint density at radius 3 is 0.651 bits per heavy atom. The maximum Gasteiger partial charge on any atom is 0.0852 e. The molecule has 0 unspecified atom stereocenters. The molecule has 0 aliphatic rings. The van der Waals surface area contributed by atoms with E-state index in [4.69, 9.17) is 15.1 Å². The Hall–Kier alpha value is -1.89. The molecule has 0 N–H and O–H groups in total. The molecule has 4 aromatic rings. The normalized spacial score (nSPS) is 11.0. The quantitative estimate of drug-likeness (QED) is 0.156. The SMILES string of the molecule is C[P+](C)(C)C.C[P+](C)(C)C.[O-]B([O-])[O-].c1ccc(C[P+](Cc2ccccc2)(Cc2ccccc2)Cc2ccccc2)cc1. The van der Waals surface area contributed by atoms with Gasteiger partial charge in [-0.05, 0) is 22.3 Å². The molecule has 0 atom stereocenters. The van der Waals surface area contributed by atoms with Crippen molar-refractivity contribution in [2.45, 2.75) is 24.6 Å². The van der Waals surface area contributed by atoms with E-state index in [-0.39, 0.29) is 14.5 Å². The van der Waals surface area contributed by atoms with Gasteiger partial charge in [0.05, 0.1) is 24.6 Å². The highest BCUT2D eigenvalue weighted by molar-refractivity contribution is 7.73. The lowest BCUT2D eigenvalue weighted by Gasteiger charge is -2.35. The zero-order valence-corrected chi connectivity index (χ0v) is 30.2. The highest BCUT2D eigenvalue weighted by Crippen LogP contribution is 2.68. The van der Waals surface area contributed by atoms with Crippen LogP contribution >= 0.6 is 21.8 Å². The Bertz CT molecular complexity index is 1030. The molecule has 0 aliphatic heterocycles. The first-order valence-corrected chi connectivity index (χ1v) is 24.3. The standard InChI is InChI=1S/C28H28P.2C4H12P.BO3/c1-5-13-25(14-6-1)21-29(22-26-15-7-2-8-16-26,23-27-17-9-3-10-18-27)24-28-19-11-4-12-20-28;2*1-5(2,3)4;2-1(3)4/h1-20H,21-24H2;2*1-4H3;/q3*+1;-3. The molecule has 0 aliphatic carbocycles. The molecule has 43 heavy (non-hydrogen) atoms. The number of benzene rings is 4. The van der Waals surface area contributed by atoms with Gasteiger partial charge in [0, 0.05) is 75.1 Å². The van der Waals surface area contributed by atoms with Crippen molar-refractivity contribution in [2.24, 2.45) is 0 Å². The first-order chi connectivity index (χ1) is 20.0. The van der Waals surface area contributed by atoms with Crippen LogP contribution < -0.4 is 15.1 Å². The first-order valence-electron chi connectivity index (χ1n) is 14.6. The third-order valence-electron chi connectivity index (χ3n) is 5.44. The molecule has 0 fully saturated rings. The van der Waals surface area contributed by atoms with Crippen molar-refractivity contribution >= 4 is 29.1 Å². The van der Waals surface area contributed by atoms with Crippen LogP contribution in [0.1, 0.15) is 22.3 Å². The average Bonchev–Trinajstić information content (AvgIpc) is 2.89. The second-order valence-electron chi connectivity index (χ2n) is 13.6. The van der Waals surface area contributed by atoms with Gasteiger partial charge in [-0.15, -0.1) is 0 Å². The largest absolute Gasteiger partial charge is 0.907 e. The van der Waals surface area contributed by atoms with Gasteiger partial charge in [0.25, 0.3) is 0 Å². The highest BCUT2D eigenvalue weighted by Gasteiger charge is 2.38. The summed E-state index contributed by atoms with van der Waals surface area (Å²) in [6.07, 6.45) is 4.69. The molecule has 3 nitrogen and oxygen atoms in total. The van der Waals surface area contributed by atoms with E-state index in [1.54, 1.807) is 0 Å². The molecular weight excluding hydrogens is 584 g/mol.